The Balaban J connectivity index is 4.38. The van der Waals surface area contributed by atoms with E-state index in [1.807, 2.05) is 27.7 Å². The van der Waals surface area contributed by atoms with E-state index in [9.17, 15) is 5.21 Å². The summed E-state index contributed by atoms with van der Waals surface area (Å²) in [4.78, 5) is 0.246. The Labute approximate surface area is 79.2 Å². The Bertz CT molecular complexity index is 175. The third-order valence-corrected chi connectivity index (χ3v) is 1.78. The van der Waals surface area contributed by atoms with Gasteiger partial charge < -0.3 is 10.4 Å². The van der Waals surface area contributed by atoms with Crippen LogP contribution in [0.25, 0.3) is 0 Å². The molecular formula is C8H19N3O2. The highest BCUT2D eigenvalue weighted by Crippen LogP contribution is 2.14. The van der Waals surface area contributed by atoms with Gasteiger partial charge in [0.1, 0.15) is 0 Å². The molecule has 0 aromatic carbocycles. The number of hydrazine groups is 1. The van der Waals surface area contributed by atoms with Crippen molar-refractivity contribution in [2.45, 2.75) is 46.1 Å². The Hall–Kier alpha value is -1.00. The molecule has 78 valence electrons. The lowest BCUT2D eigenvalue weighted by Crippen LogP contribution is -2.46. The molecule has 0 unspecified atom stereocenters. The molecule has 0 rings (SSSR count). The second-order valence-corrected chi connectivity index (χ2v) is 3.99. The highest BCUT2D eigenvalue weighted by molar-refractivity contribution is 4.68. The molecule has 5 heteroatoms. The molecule has 0 atom stereocenters. The average molecular weight is 189 g/mol. The standard InChI is InChI=1S/C8H19N3O2/c1-5-6-7-10(8(2,3)4)11(13)9-12/h12H,5-7H2,1-4H3. The number of rotatable bonds is 4. The van der Waals surface area contributed by atoms with Gasteiger partial charge in [-0.25, -0.2) is 0 Å². The van der Waals surface area contributed by atoms with Crippen LogP contribution in [0.2, 0.25) is 0 Å². The molecule has 0 amide bonds. The first-order valence-corrected chi connectivity index (χ1v) is 4.53. The molecule has 0 aliphatic heterocycles. The van der Waals surface area contributed by atoms with E-state index in [2.05, 4.69) is 5.28 Å². The lowest BCUT2D eigenvalue weighted by Gasteiger charge is -2.29. The molecule has 0 bridgehead atoms. The van der Waals surface area contributed by atoms with Crippen molar-refractivity contribution in [3.63, 3.8) is 0 Å². The van der Waals surface area contributed by atoms with E-state index in [0.29, 0.717) is 6.54 Å². The van der Waals surface area contributed by atoms with E-state index in [4.69, 9.17) is 5.21 Å². The zero-order valence-corrected chi connectivity index (χ0v) is 8.82. The zero-order chi connectivity index (χ0) is 10.5. The van der Waals surface area contributed by atoms with E-state index in [-0.39, 0.29) is 10.5 Å². The molecule has 13 heavy (non-hydrogen) atoms. The molecule has 0 aliphatic rings. The van der Waals surface area contributed by atoms with Crippen LogP contribution < -0.4 is 0 Å². The van der Waals surface area contributed by atoms with E-state index in [0.717, 1.165) is 12.8 Å². The molecule has 0 saturated carbocycles. The fourth-order valence-corrected chi connectivity index (χ4v) is 1.03. The van der Waals surface area contributed by atoms with E-state index in [1.54, 1.807) is 0 Å². The molecular weight excluding hydrogens is 170 g/mol. The van der Waals surface area contributed by atoms with Gasteiger partial charge in [-0.05, 0) is 27.2 Å². The summed E-state index contributed by atoms with van der Waals surface area (Å²) >= 11 is 0. The second kappa shape index (κ2) is 4.89. The number of unbranched alkanes of at least 4 members (excludes halogenated alkanes) is 1. The minimum Gasteiger partial charge on any atom is -0.569 e. The van der Waals surface area contributed by atoms with Gasteiger partial charge in [0.2, 0.25) is 5.28 Å². The monoisotopic (exact) mass is 189 g/mol. The SMILES string of the molecule is CCCCN([N+]([O-])=NO)C(C)(C)C. The maximum atomic E-state index is 11.1. The van der Waals surface area contributed by atoms with Gasteiger partial charge in [-0.15, -0.1) is 5.01 Å². The Kier molecular flexibility index (Phi) is 4.51. The average Bonchev–Trinajstić information content (AvgIpc) is 2.02. The van der Waals surface area contributed by atoms with Crippen LogP contribution in [0.3, 0.4) is 0 Å². The van der Waals surface area contributed by atoms with Crippen molar-refractivity contribution >= 4 is 0 Å². The Morgan fingerprint density at radius 3 is 2.31 bits per heavy atom. The third-order valence-electron chi connectivity index (χ3n) is 1.78. The van der Waals surface area contributed by atoms with Crippen LogP contribution in [0.5, 0.6) is 0 Å². The molecule has 0 aromatic heterocycles. The van der Waals surface area contributed by atoms with Gasteiger partial charge in [0.05, 0.1) is 17.1 Å². The minimum absolute atomic E-state index is 0.246. The van der Waals surface area contributed by atoms with E-state index >= 15 is 0 Å². The van der Waals surface area contributed by atoms with Gasteiger partial charge in [0, 0.05) is 0 Å². The molecule has 0 saturated heterocycles. The van der Waals surface area contributed by atoms with Crippen LogP contribution in [0, 0.1) is 5.21 Å². The predicted octanol–water partition coefficient (Wildman–Crippen LogP) is 2.15. The largest absolute Gasteiger partial charge is 0.569 e. The molecule has 1 N–H and O–H groups in total. The summed E-state index contributed by atoms with van der Waals surface area (Å²) < 4.78 is 0. The quantitative estimate of drug-likeness (QED) is 0.418. The summed E-state index contributed by atoms with van der Waals surface area (Å²) in [5, 5.41) is 23.5. The van der Waals surface area contributed by atoms with Gasteiger partial charge in [-0.3, -0.25) is 0 Å². The summed E-state index contributed by atoms with van der Waals surface area (Å²) in [5.41, 5.74) is -0.316. The van der Waals surface area contributed by atoms with Crippen molar-refractivity contribution in [2.75, 3.05) is 6.54 Å². The van der Waals surface area contributed by atoms with Crippen LogP contribution in [0.15, 0.2) is 5.28 Å². The lowest BCUT2D eigenvalue weighted by atomic mass is 10.1. The normalized spacial score (nSPS) is 13.1. The summed E-state index contributed by atoms with van der Waals surface area (Å²) in [6, 6.07) is 0. The fourth-order valence-electron chi connectivity index (χ4n) is 1.03. The first-order chi connectivity index (χ1) is 5.93. The lowest BCUT2D eigenvalue weighted by molar-refractivity contribution is -0.724. The summed E-state index contributed by atoms with van der Waals surface area (Å²) in [6.07, 6.45) is 1.91. The van der Waals surface area contributed by atoms with Crippen LogP contribution in [0.4, 0.5) is 0 Å². The van der Waals surface area contributed by atoms with Gasteiger partial charge in [-0.2, -0.15) is 0 Å². The first-order valence-electron chi connectivity index (χ1n) is 4.53. The molecule has 0 radical (unpaired) electrons. The van der Waals surface area contributed by atoms with E-state index in [1.165, 1.54) is 5.01 Å². The zero-order valence-electron chi connectivity index (χ0n) is 8.82. The number of nitrogens with zero attached hydrogens (tertiary/aromatic N) is 3. The third kappa shape index (κ3) is 3.96. The van der Waals surface area contributed by atoms with Crippen molar-refractivity contribution in [1.29, 1.82) is 0 Å². The number of hydrogen-bond donors (Lipinski definition) is 1. The van der Waals surface area contributed by atoms with Crippen LogP contribution >= 0.6 is 0 Å². The highest BCUT2D eigenvalue weighted by atomic mass is 16.6. The molecule has 0 aliphatic carbocycles. The topological polar surface area (TPSA) is 61.9 Å². The van der Waals surface area contributed by atoms with Gasteiger partial charge in [0.25, 0.3) is 0 Å². The fraction of sp³-hybridized carbons (Fsp3) is 1.00. The van der Waals surface area contributed by atoms with Crippen LogP contribution in [-0.4, -0.2) is 27.3 Å². The van der Waals surface area contributed by atoms with Crippen molar-refractivity contribution in [3.05, 3.63) is 5.21 Å². The first kappa shape index (κ1) is 12.0. The van der Waals surface area contributed by atoms with Crippen molar-refractivity contribution in [1.82, 2.24) is 5.01 Å². The smallest absolute Gasteiger partial charge is 0.230 e. The van der Waals surface area contributed by atoms with Crippen molar-refractivity contribution in [2.24, 2.45) is 5.28 Å². The molecule has 0 spiro atoms. The highest BCUT2D eigenvalue weighted by Gasteiger charge is 2.27. The van der Waals surface area contributed by atoms with Crippen molar-refractivity contribution < 1.29 is 10.2 Å². The maximum absolute atomic E-state index is 11.1. The number of hydrogen-bond acceptors (Lipinski definition) is 2. The molecule has 5 nitrogen and oxygen atoms in total. The Morgan fingerprint density at radius 2 is 2.00 bits per heavy atom. The maximum Gasteiger partial charge on any atom is 0.230 e. The van der Waals surface area contributed by atoms with Gasteiger partial charge >= 0.3 is 0 Å². The van der Waals surface area contributed by atoms with Crippen LogP contribution in [0.1, 0.15) is 40.5 Å². The Morgan fingerprint density at radius 1 is 1.46 bits per heavy atom. The summed E-state index contributed by atoms with van der Waals surface area (Å²) in [6.45, 7) is 8.36. The summed E-state index contributed by atoms with van der Waals surface area (Å²) in [7, 11) is 0. The predicted molar refractivity (Wildman–Crippen MR) is 49.2 cm³/mol. The molecule has 0 heterocycles. The van der Waals surface area contributed by atoms with Crippen molar-refractivity contribution in [3.8, 4) is 0 Å². The molecule has 0 aromatic rings. The molecule has 0 fully saturated rings. The van der Waals surface area contributed by atoms with E-state index < -0.39 is 0 Å². The second-order valence-electron chi connectivity index (χ2n) is 3.99. The van der Waals surface area contributed by atoms with Crippen LogP contribution in [-0.2, 0) is 0 Å². The minimum atomic E-state index is -0.316. The van der Waals surface area contributed by atoms with Gasteiger partial charge in [-0.1, -0.05) is 13.3 Å². The van der Waals surface area contributed by atoms with Gasteiger partial charge in [0.15, 0.2) is 0 Å². The summed E-state index contributed by atoms with van der Waals surface area (Å²) in [5.74, 6) is 0.